The lowest BCUT2D eigenvalue weighted by Gasteiger charge is -2.57. The van der Waals surface area contributed by atoms with E-state index in [4.69, 9.17) is 10.00 Å². The molecule has 0 aromatic carbocycles. The van der Waals surface area contributed by atoms with Gasteiger partial charge < -0.3 is 20.1 Å². The molecule has 28 heavy (non-hydrogen) atoms. The molecule has 5 fully saturated rings. The summed E-state index contributed by atoms with van der Waals surface area (Å²) >= 11 is 0. The van der Waals surface area contributed by atoms with Gasteiger partial charge in [0.15, 0.2) is 5.69 Å². The van der Waals surface area contributed by atoms with Crippen molar-refractivity contribution in [2.24, 2.45) is 17.8 Å². The van der Waals surface area contributed by atoms with Crippen LogP contribution in [-0.4, -0.2) is 56.9 Å². The van der Waals surface area contributed by atoms with Gasteiger partial charge in [0.05, 0.1) is 18.0 Å². The zero-order valence-electron chi connectivity index (χ0n) is 15.8. The third kappa shape index (κ3) is 3.18. The van der Waals surface area contributed by atoms with Crippen molar-refractivity contribution in [3.05, 3.63) is 18.1 Å². The van der Waals surface area contributed by atoms with E-state index in [-0.39, 0.29) is 23.9 Å². The van der Waals surface area contributed by atoms with Gasteiger partial charge in [-0.2, -0.15) is 5.26 Å². The molecule has 8 heteroatoms. The average molecular weight is 383 g/mol. The fourth-order valence-corrected chi connectivity index (χ4v) is 6.06. The van der Waals surface area contributed by atoms with Gasteiger partial charge in [0.25, 0.3) is 0 Å². The van der Waals surface area contributed by atoms with E-state index >= 15 is 0 Å². The predicted molar refractivity (Wildman–Crippen MR) is 99.1 cm³/mol. The Hall–Kier alpha value is -2.40. The molecule has 2 heterocycles. The SMILES string of the molecule is N#Cc1cncc(N[C@@H]2CCN(C(=O)O[C@H]3C4CC5CC3C[C@](O)(C5)C4)C2)n1. The molecule has 1 aromatic rings. The summed E-state index contributed by atoms with van der Waals surface area (Å²) in [6, 6.07) is 2.04. The van der Waals surface area contributed by atoms with Crippen LogP contribution in [-0.2, 0) is 4.74 Å². The van der Waals surface area contributed by atoms with E-state index in [1.165, 1.54) is 6.20 Å². The first-order valence-electron chi connectivity index (χ1n) is 10.2. The van der Waals surface area contributed by atoms with Crippen LogP contribution in [0.4, 0.5) is 10.6 Å². The standard InChI is InChI=1S/C20H25N5O3/c21-8-16-9-22-10-17(24-16)23-15-1-2-25(11-15)19(26)28-18-13-3-12-4-14(18)7-20(27,5-12)6-13/h9-10,12-15,18,27H,1-7,11H2,(H,23,24)/t12?,13?,14?,15-,18-,20-/m1/s1. The van der Waals surface area contributed by atoms with Gasteiger partial charge in [-0.3, -0.25) is 4.98 Å². The van der Waals surface area contributed by atoms with Crippen LogP contribution in [0.2, 0.25) is 0 Å². The highest BCUT2D eigenvalue weighted by atomic mass is 16.6. The van der Waals surface area contributed by atoms with Crippen molar-refractivity contribution in [3.8, 4) is 6.07 Å². The maximum absolute atomic E-state index is 12.8. The number of carbonyl (C=O) groups is 1. The Labute approximate surface area is 163 Å². The summed E-state index contributed by atoms with van der Waals surface area (Å²) in [5.41, 5.74) is -0.246. The molecule has 2 N–H and O–H groups in total. The Morgan fingerprint density at radius 1 is 1.32 bits per heavy atom. The lowest BCUT2D eigenvalue weighted by Crippen LogP contribution is -2.58. The van der Waals surface area contributed by atoms with Crippen LogP contribution < -0.4 is 5.32 Å². The Morgan fingerprint density at radius 3 is 2.82 bits per heavy atom. The number of amides is 1. The molecule has 1 saturated heterocycles. The summed E-state index contributed by atoms with van der Waals surface area (Å²) in [7, 11) is 0. The van der Waals surface area contributed by atoms with Crippen LogP contribution in [0.15, 0.2) is 12.4 Å². The van der Waals surface area contributed by atoms with E-state index in [9.17, 15) is 9.90 Å². The van der Waals surface area contributed by atoms with Crippen LogP contribution in [0.1, 0.15) is 44.2 Å². The van der Waals surface area contributed by atoms with Gasteiger partial charge in [0, 0.05) is 19.1 Å². The normalized spacial score (nSPS) is 38.3. The molecule has 4 bridgehead atoms. The van der Waals surface area contributed by atoms with E-state index in [0.29, 0.717) is 36.7 Å². The largest absolute Gasteiger partial charge is 0.446 e. The minimum absolute atomic E-state index is 0.0467. The summed E-state index contributed by atoms with van der Waals surface area (Å²) in [5, 5.41) is 22.9. The van der Waals surface area contributed by atoms with E-state index in [1.54, 1.807) is 11.1 Å². The summed E-state index contributed by atoms with van der Waals surface area (Å²) in [4.78, 5) is 22.7. The molecule has 1 amide bonds. The average Bonchev–Trinajstić information content (AvgIpc) is 3.12. The van der Waals surface area contributed by atoms with Gasteiger partial charge in [0.2, 0.25) is 0 Å². The van der Waals surface area contributed by atoms with E-state index < -0.39 is 5.60 Å². The molecular formula is C20H25N5O3. The van der Waals surface area contributed by atoms with Crippen LogP contribution in [0.3, 0.4) is 0 Å². The first-order chi connectivity index (χ1) is 13.5. The molecular weight excluding hydrogens is 358 g/mol. The maximum atomic E-state index is 12.8. The fraction of sp³-hybridized carbons (Fsp3) is 0.700. The lowest BCUT2D eigenvalue weighted by molar-refractivity contribution is -0.177. The summed E-state index contributed by atoms with van der Waals surface area (Å²) < 4.78 is 5.97. The number of nitrogens with zero attached hydrogens (tertiary/aromatic N) is 4. The monoisotopic (exact) mass is 383 g/mol. The Bertz CT molecular complexity index is 808. The van der Waals surface area contributed by atoms with Crippen molar-refractivity contribution < 1.29 is 14.6 Å². The van der Waals surface area contributed by atoms with Gasteiger partial charge in [-0.05, 0) is 56.3 Å². The molecule has 1 aliphatic heterocycles. The first-order valence-corrected chi connectivity index (χ1v) is 10.2. The zero-order chi connectivity index (χ0) is 19.3. The second-order valence-electron chi connectivity index (χ2n) is 9.02. The molecule has 6 rings (SSSR count). The van der Waals surface area contributed by atoms with Crippen molar-refractivity contribution in [2.75, 3.05) is 18.4 Å². The summed E-state index contributed by atoms with van der Waals surface area (Å²) in [5.74, 6) is 1.76. The smallest absolute Gasteiger partial charge is 0.410 e. The number of nitrogens with one attached hydrogen (secondary N) is 1. The topological polar surface area (TPSA) is 111 Å². The Balaban J connectivity index is 1.18. The van der Waals surface area contributed by atoms with Crippen molar-refractivity contribution >= 4 is 11.9 Å². The van der Waals surface area contributed by atoms with Crippen molar-refractivity contribution in [2.45, 2.75) is 56.3 Å². The quantitative estimate of drug-likeness (QED) is 0.820. The van der Waals surface area contributed by atoms with Crippen molar-refractivity contribution in [3.63, 3.8) is 0 Å². The third-order valence-electron chi connectivity index (χ3n) is 6.94. The summed E-state index contributed by atoms with van der Waals surface area (Å²) in [6.07, 6.45) is 8.14. The molecule has 1 aromatic heterocycles. The molecule has 3 atom stereocenters. The molecule has 2 unspecified atom stereocenters. The number of aliphatic hydroxyl groups is 1. The van der Waals surface area contributed by atoms with Crippen LogP contribution >= 0.6 is 0 Å². The maximum Gasteiger partial charge on any atom is 0.410 e. The van der Waals surface area contributed by atoms with Crippen LogP contribution in [0, 0.1) is 29.1 Å². The van der Waals surface area contributed by atoms with Crippen molar-refractivity contribution in [1.82, 2.24) is 14.9 Å². The summed E-state index contributed by atoms with van der Waals surface area (Å²) in [6.45, 7) is 1.18. The molecule has 8 nitrogen and oxygen atoms in total. The van der Waals surface area contributed by atoms with E-state index in [1.807, 2.05) is 6.07 Å². The van der Waals surface area contributed by atoms with E-state index in [0.717, 1.165) is 38.5 Å². The lowest BCUT2D eigenvalue weighted by atomic mass is 9.53. The highest BCUT2D eigenvalue weighted by molar-refractivity contribution is 5.68. The number of hydrogen-bond donors (Lipinski definition) is 2. The Kier molecular flexibility index (Phi) is 4.16. The number of ether oxygens (including phenoxy) is 1. The third-order valence-corrected chi connectivity index (χ3v) is 6.94. The number of aromatic nitrogens is 2. The highest BCUT2D eigenvalue weighted by Gasteiger charge is 2.56. The van der Waals surface area contributed by atoms with Gasteiger partial charge >= 0.3 is 6.09 Å². The number of carbonyl (C=O) groups excluding carboxylic acids is 1. The number of nitriles is 1. The number of anilines is 1. The minimum atomic E-state index is -0.513. The number of hydrogen-bond acceptors (Lipinski definition) is 7. The first kappa shape index (κ1) is 17.7. The van der Waals surface area contributed by atoms with Gasteiger partial charge in [-0.1, -0.05) is 0 Å². The van der Waals surface area contributed by atoms with Crippen LogP contribution in [0.25, 0.3) is 0 Å². The molecule has 4 aliphatic carbocycles. The highest BCUT2D eigenvalue weighted by Crippen LogP contribution is 2.56. The number of rotatable bonds is 3. The predicted octanol–water partition coefficient (Wildman–Crippen LogP) is 1.91. The second kappa shape index (κ2) is 6.59. The molecule has 148 valence electrons. The molecule has 4 saturated carbocycles. The van der Waals surface area contributed by atoms with Gasteiger partial charge in [-0.15, -0.1) is 0 Å². The fourth-order valence-electron chi connectivity index (χ4n) is 6.06. The molecule has 0 radical (unpaired) electrons. The van der Waals surface area contributed by atoms with Gasteiger partial charge in [0.1, 0.15) is 18.0 Å². The van der Waals surface area contributed by atoms with Crippen LogP contribution in [0.5, 0.6) is 0 Å². The minimum Gasteiger partial charge on any atom is -0.446 e. The second-order valence-corrected chi connectivity index (χ2v) is 9.02. The number of likely N-dealkylation sites (tertiary alicyclic amines) is 1. The Morgan fingerprint density at radius 2 is 2.11 bits per heavy atom. The van der Waals surface area contributed by atoms with Crippen molar-refractivity contribution in [1.29, 1.82) is 5.26 Å². The molecule has 5 aliphatic rings. The molecule has 0 spiro atoms. The van der Waals surface area contributed by atoms with Gasteiger partial charge in [-0.25, -0.2) is 9.78 Å². The zero-order valence-corrected chi connectivity index (χ0v) is 15.8. The van der Waals surface area contributed by atoms with E-state index in [2.05, 4.69) is 15.3 Å².